The quantitative estimate of drug-likeness (QED) is 0.535. The highest BCUT2D eigenvalue weighted by atomic mass is 127. The van der Waals surface area contributed by atoms with Crippen molar-refractivity contribution in [2.45, 2.75) is 31.6 Å². The van der Waals surface area contributed by atoms with Crippen LogP contribution in [0.1, 0.15) is 42.0 Å². The minimum absolute atomic E-state index is 0.130. The summed E-state index contributed by atoms with van der Waals surface area (Å²) in [6.07, 6.45) is 3.87. The molecule has 1 amide bonds. The first-order valence-electron chi connectivity index (χ1n) is 10.0. The molecule has 2 heterocycles. The van der Waals surface area contributed by atoms with Crippen molar-refractivity contribution < 1.29 is 4.79 Å². The number of piperazine rings is 1. The van der Waals surface area contributed by atoms with Crippen LogP contribution in [0.3, 0.4) is 0 Å². The molecule has 0 radical (unpaired) electrons. The van der Waals surface area contributed by atoms with E-state index in [1.54, 1.807) is 6.33 Å². The summed E-state index contributed by atoms with van der Waals surface area (Å²) in [5.41, 5.74) is 9.52. The number of aryl methyl sites for hydroxylation is 1. The summed E-state index contributed by atoms with van der Waals surface area (Å²) in [5.74, 6) is 1.42. The van der Waals surface area contributed by atoms with E-state index >= 15 is 0 Å². The van der Waals surface area contributed by atoms with Gasteiger partial charge in [0.15, 0.2) is 0 Å². The normalized spacial score (nSPS) is 19.9. The van der Waals surface area contributed by atoms with Crippen LogP contribution in [0.4, 0.5) is 5.82 Å². The van der Waals surface area contributed by atoms with Crippen molar-refractivity contribution in [2.75, 3.05) is 37.6 Å². The number of aromatic nitrogens is 2. The standard InChI is InChI=1S/C21H25I2N5O/c1-13-2-5-18-19(13)20(26-12-25-18)27-6-8-28(9-7-27)21(29)15(11-24)14-3-4-16(22)17(23)10-14/h3-4,10,12-13,15H,2,5-9,11,24H2,1H3/t13-,15?/m1/s1. The Morgan fingerprint density at radius 1 is 1.21 bits per heavy atom. The van der Waals surface area contributed by atoms with E-state index in [4.69, 9.17) is 5.73 Å². The summed E-state index contributed by atoms with van der Waals surface area (Å²) in [5, 5.41) is 0. The molecule has 1 fully saturated rings. The van der Waals surface area contributed by atoms with Crippen molar-refractivity contribution in [1.82, 2.24) is 14.9 Å². The minimum atomic E-state index is -0.282. The molecule has 8 heteroatoms. The van der Waals surface area contributed by atoms with Crippen molar-refractivity contribution in [1.29, 1.82) is 0 Å². The van der Waals surface area contributed by atoms with E-state index in [9.17, 15) is 4.79 Å². The van der Waals surface area contributed by atoms with E-state index in [-0.39, 0.29) is 11.8 Å². The molecule has 1 aromatic heterocycles. The van der Waals surface area contributed by atoms with Gasteiger partial charge in [-0.1, -0.05) is 13.0 Å². The minimum Gasteiger partial charge on any atom is -0.353 e. The zero-order valence-electron chi connectivity index (χ0n) is 16.4. The third-order valence-corrected chi connectivity index (χ3v) is 8.89. The molecule has 1 aromatic carbocycles. The molecule has 2 aromatic rings. The van der Waals surface area contributed by atoms with Crippen LogP contribution in [-0.4, -0.2) is 53.5 Å². The number of carbonyl (C=O) groups is 1. The lowest BCUT2D eigenvalue weighted by molar-refractivity contribution is -0.132. The van der Waals surface area contributed by atoms with Crippen LogP contribution < -0.4 is 10.6 Å². The largest absolute Gasteiger partial charge is 0.353 e. The number of anilines is 1. The molecular formula is C21H25I2N5O. The average Bonchev–Trinajstić information content (AvgIpc) is 3.12. The summed E-state index contributed by atoms with van der Waals surface area (Å²) >= 11 is 4.62. The molecule has 1 saturated heterocycles. The van der Waals surface area contributed by atoms with Gasteiger partial charge in [-0.3, -0.25) is 4.79 Å². The maximum atomic E-state index is 13.2. The second kappa shape index (κ2) is 9.01. The van der Waals surface area contributed by atoms with Gasteiger partial charge in [-0.15, -0.1) is 0 Å². The average molecular weight is 617 g/mol. The van der Waals surface area contributed by atoms with Gasteiger partial charge in [0.2, 0.25) is 5.91 Å². The number of rotatable bonds is 4. The van der Waals surface area contributed by atoms with Crippen molar-refractivity contribution in [3.05, 3.63) is 48.5 Å². The highest BCUT2D eigenvalue weighted by molar-refractivity contribution is 14.1. The third-order valence-electron chi connectivity index (χ3n) is 6.02. The highest BCUT2D eigenvalue weighted by Crippen LogP contribution is 2.37. The van der Waals surface area contributed by atoms with E-state index < -0.39 is 0 Å². The Morgan fingerprint density at radius 3 is 2.66 bits per heavy atom. The van der Waals surface area contributed by atoms with E-state index in [0.717, 1.165) is 40.9 Å². The number of nitrogens with two attached hydrogens (primary N) is 1. The molecule has 1 aliphatic carbocycles. The molecule has 0 saturated carbocycles. The van der Waals surface area contributed by atoms with Crippen LogP contribution in [0.2, 0.25) is 0 Å². The van der Waals surface area contributed by atoms with E-state index in [0.29, 0.717) is 25.6 Å². The van der Waals surface area contributed by atoms with Crippen molar-refractivity contribution in [3.63, 3.8) is 0 Å². The fraction of sp³-hybridized carbons (Fsp3) is 0.476. The van der Waals surface area contributed by atoms with E-state index in [1.807, 2.05) is 11.0 Å². The second-order valence-electron chi connectivity index (χ2n) is 7.77. The summed E-state index contributed by atoms with van der Waals surface area (Å²) in [6, 6.07) is 6.17. The zero-order chi connectivity index (χ0) is 20.5. The summed E-state index contributed by atoms with van der Waals surface area (Å²) in [6.45, 7) is 5.57. The van der Waals surface area contributed by atoms with Gasteiger partial charge in [0, 0.05) is 51.1 Å². The number of fused-ring (bicyclic) bond motifs is 1. The lowest BCUT2D eigenvalue weighted by Gasteiger charge is -2.37. The smallest absolute Gasteiger partial charge is 0.231 e. The number of carbonyl (C=O) groups excluding carboxylic acids is 1. The number of hydrogen-bond donors (Lipinski definition) is 1. The Kier molecular flexibility index (Phi) is 6.59. The van der Waals surface area contributed by atoms with Crippen molar-refractivity contribution in [2.24, 2.45) is 5.73 Å². The lowest BCUT2D eigenvalue weighted by Crippen LogP contribution is -2.51. The van der Waals surface area contributed by atoms with Crippen LogP contribution in [0.5, 0.6) is 0 Å². The summed E-state index contributed by atoms with van der Waals surface area (Å²) < 4.78 is 2.35. The highest BCUT2D eigenvalue weighted by Gasteiger charge is 2.31. The topological polar surface area (TPSA) is 75.4 Å². The van der Waals surface area contributed by atoms with Crippen LogP contribution in [-0.2, 0) is 11.2 Å². The fourth-order valence-electron chi connectivity index (χ4n) is 4.34. The molecular weight excluding hydrogens is 592 g/mol. The van der Waals surface area contributed by atoms with Gasteiger partial charge in [0.05, 0.1) is 5.92 Å². The van der Waals surface area contributed by atoms with E-state index in [1.165, 1.54) is 14.8 Å². The first kappa shape index (κ1) is 21.2. The van der Waals surface area contributed by atoms with Gasteiger partial charge in [-0.05, 0) is 81.6 Å². The molecule has 2 N–H and O–H groups in total. The Morgan fingerprint density at radius 2 is 1.97 bits per heavy atom. The molecule has 29 heavy (non-hydrogen) atoms. The Hall–Kier alpha value is -1.01. The maximum Gasteiger partial charge on any atom is 0.231 e. The van der Waals surface area contributed by atoms with Crippen LogP contribution in [0.15, 0.2) is 24.5 Å². The predicted octanol–water partition coefficient (Wildman–Crippen LogP) is 3.13. The SMILES string of the molecule is C[C@@H]1CCc2ncnc(N3CCN(C(=O)C(CN)c4ccc(I)c(I)c4)CC3)c21. The van der Waals surface area contributed by atoms with Gasteiger partial charge in [-0.25, -0.2) is 9.97 Å². The van der Waals surface area contributed by atoms with Crippen LogP contribution in [0.25, 0.3) is 0 Å². The Bertz CT molecular complexity index is 914. The van der Waals surface area contributed by atoms with Gasteiger partial charge >= 0.3 is 0 Å². The predicted molar refractivity (Wildman–Crippen MR) is 131 cm³/mol. The first-order chi connectivity index (χ1) is 14.0. The van der Waals surface area contributed by atoms with Crippen molar-refractivity contribution >= 4 is 56.9 Å². The van der Waals surface area contributed by atoms with E-state index in [2.05, 4.69) is 79.1 Å². The van der Waals surface area contributed by atoms with Crippen LogP contribution in [0, 0.1) is 7.14 Å². The summed E-state index contributed by atoms with van der Waals surface area (Å²) in [4.78, 5) is 26.6. The van der Waals surface area contributed by atoms with Gasteiger partial charge in [-0.2, -0.15) is 0 Å². The van der Waals surface area contributed by atoms with Crippen molar-refractivity contribution in [3.8, 4) is 0 Å². The third kappa shape index (κ3) is 4.25. The molecule has 0 bridgehead atoms. The molecule has 1 aliphatic heterocycles. The first-order valence-corrected chi connectivity index (χ1v) is 12.2. The number of halogens is 2. The molecule has 1 unspecified atom stereocenters. The molecule has 0 spiro atoms. The number of amides is 1. The maximum absolute atomic E-state index is 13.2. The number of benzene rings is 1. The number of hydrogen-bond acceptors (Lipinski definition) is 5. The number of nitrogens with zero attached hydrogens (tertiary/aromatic N) is 4. The van der Waals surface area contributed by atoms with Gasteiger partial charge < -0.3 is 15.5 Å². The molecule has 154 valence electrons. The monoisotopic (exact) mass is 617 g/mol. The fourth-order valence-corrected chi connectivity index (χ4v) is 5.22. The Balaban J connectivity index is 1.46. The molecule has 6 nitrogen and oxygen atoms in total. The van der Waals surface area contributed by atoms with Gasteiger partial charge in [0.25, 0.3) is 0 Å². The van der Waals surface area contributed by atoms with Crippen LogP contribution >= 0.6 is 45.2 Å². The molecule has 2 atom stereocenters. The molecule has 4 rings (SSSR count). The molecule has 2 aliphatic rings. The Labute approximate surface area is 198 Å². The van der Waals surface area contributed by atoms with Gasteiger partial charge in [0.1, 0.15) is 12.1 Å². The second-order valence-corrected chi connectivity index (χ2v) is 10.1. The summed E-state index contributed by atoms with van der Waals surface area (Å²) in [7, 11) is 0. The lowest BCUT2D eigenvalue weighted by atomic mass is 9.97. The zero-order valence-corrected chi connectivity index (χ0v) is 20.8.